The second-order valence-electron chi connectivity index (χ2n) is 5.99. The van der Waals surface area contributed by atoms with Gasteiger partial charge in [0.05, 0.1) is 0 Å². The van der Waals surface area contributed by atoms with Gasteiger partial charge in [-0.05, 0) is 50.3 Å². The second-order valence-corrected chi connectivity index (χ2v) is 5.99. The fourth-order valence-corrected chi connectivity index (χ4v) is 2.46. The van der Waals surface area contributed by atoms with Crippen LogP contribution in [-0.4, -0.2) is 31.1 Å². The third-order valence-corrected chi connectivity index (χ3v) is 3.61. The minimum Gasteiger partial charge on any atom is -0.314 e. The van der Waals surface area contributed by atoms with E-state index in [0.29, 0.717) is 0 Å². The molecule has 0 aliphatic carbocycles. The summed E-state index contributed by atoms with van der Waals surface area (Å²) in [7, 11) is 4.19. The Morgan fingerprint density at radius 2 is 1.74 bits per heavy atom. The van der Waals surface area contributed by atoms with Crippen LogP contribution in [0.3, 0.4) is 0 Å². The summed E-state index contributed by atoms with van der Waals surface area (Å²) in [4.78, 5) is 2.36. The molecule has 0 spiro atoms. The lowest BCUT2D eigenvalue weighted by atomic mass is 10.0. The molecule has 0 fully saturated rings. The third kappa shape index (κ3) is 3.79. The highest BCUT2D eigenvalue weighted by atomic mass is 15.1. The fourth-order valence-electron chi connectivity index (χ4n) is 2.46. The van der Waals surface area contributed by atoms with Crippen LogP contribution in [0.1, 0.15) is 19.4 Å². The number of likely N-dealkylation sites (N-methyl/N-ethyl adjacent to an activating group) is 2. The molecule has 102 valence electrons. The van der Waals surface area contributed by atoms with Crippen LogP contribution in [0.25, 0.3) is 10.8 Å². The van der Waals surface area contributed by atoms with Crippen molar-refractivity contribution in [1.29, 1.82) is 0 Å². The Balaban J connectivity index is 2.08. The van der Waals surface area contributed by atoms with Crippen molar-refractivity contribution < 1.29 is 0 Å². The molecule has 0 aromatic heterocycles. The quantitative estimate of drug-likeness (QED) is 0.883. The van der Waals surface area contributed by atoms with E-state index in [9.17, 15) is 0 Å². The molecule has 1 N–H and O–H groups in total. The molecule has 0 atom stereocenters. The second kappa shape index (κ2) is 5.72. The van der Waals surface area contributed by atoms with Crippen LogP contribution < -0.4 is 5.32 Å². The lowest BCUT2D eigenvalue weighted by Crippen LogP contribution is -2.46. The van der Waals surface area contributed by atoms with E-state index < -0.39 is 0 Å². The van der Waals surface area contributed by atoms with E-state index in [1.54, 1.807) is 0 Å². The van der Waals surface area contributed by atoms with Crippen molar-refractivity contribution in [1.82, 2.24) is 10.2 Å². The molecule has 0 aliphatic heterocycles. The highest BCUT2D eigenvalue weighted by Crippen LogP contribution is 2.17. The molecule has 0 heterocycles. The third-order valence-electron chi connectivity index (χ3n) is 3.61. The first-order chi connectivity index (χ1) is 9.00. The summed E-state index contributed by atoms with van der Waals surface area (Å²) in [6.07, 6.45) is 0. The highest BCUT2D eigenvalue weighted by molar-refractivity contribution is 5.82. The normalized spacial score (nSPS) is 12.3. The molecule has 0 saturated carbocycles. The molecule has 2 nitrogen and oxygen atoms in total. The van der Waals surface area contributed by atoms with E-state index in [1.807, 2.05) is 7.05 Å². The first kappa shape index (κ1) is 14.0. The molecule has 0 amide bonds. The summed E-state index contributed by atoms with van der Waals surface area (Å²) in [6.45, 7) is 6.46. The van der Waals surface area contributed by atoms with Crippen molar-refractivity contribution in [2.75, 3.05) is 20.6 Å². The van der Waals surface area contributed by atoms with Gasteiger partial charge in [-0.3, -0.25) is 0 Å². The van der Waals surface area contributed by atoms with Gasteiger partial charge in [-0.25, -0.2) is 0 Å². The minimum atomic E-state index is 0.144. The Bertz CT molecular complexity index is 546. The first-order valence-electron chi connectivity index (χ1n) is 6.85. The van der Waals surface area contributed by atoms with E-state index in [4.69, 9.17) is 0 Å². The Labute approximate surface area is 116 Å². The van der Waals surface area contributed by atoms with E-state index in [1.165, 1.54) is 16.3 Å². The summed E-state index contributed by atoms with van der Waals surface area (Å²) in [6, 6.07) is 15.2. The van der Waals surface area contributed by atoms with Crippen molar-refractivity contribution in [2.24, 2.45) is 0 Å². The lowest BCUT2D eigenvalue weighted by molar-refractivity contribution is 0.238. The fraction of sp³-hybridized carbons (Fsp3) is 0.412. The van der Waals surface area contributed by atoms with Gasteiger partial charge in [0.1, 0.15) is 0 Å². The number of hydrogen-bond donors (Lipinski definition) is 1. The van der Waals surface area contributed by atoms with Gasteiger partial charge in [0, 0.05) is 18.6 Å². The predicted octanol–water partition coefficient (Wildman–Crippen LogP) is 3.27. The van der Waals surface area contributed by atoms with Crippen molar-refractivity contribution in [2.45, 2.75) is 25.9 Å². The molecule has 0 aliphatic rings. The van der Waals surface area contributed by atoms with Gasteiger partial charge in [0.2, 0.25) is 0 Å². The van der Waals surface area contributed by atoms with E-state index >= 15 is 0 Å². The maximum atomic E-state index is 3.35. The van der Waals surface area contributed by atoms with Crippen molar-refractivity contribution >= 4 is 10.8 Å². The smallest absolute Gasteiger partial charge is 0.0249 e. The van der Waals surface area contributed by atoms with Crippen LogP contribution in [0.4, 0.5) is 0 Å². The van der Waals surface area contributed by atoms with Crippen LogP contribution >= 0.6 is 0 Å². The van der Waals surface area contributed by atoms with Crippen molar-refractivity contribution in [3.63, 3.8) is 0 Å². The number of hydrogen-bond acceptors (Lipinski definition) is 2. The van der Waals surface area contributed by atoms with Gasteiger partial charge in [-0.1, -0.05) is 36.4 Å². The topological polar surface area (TPSA) is 15.3 Å². The molecular formula is C17H24N2. The number of benzene rings is 2. The van der Waals surface area contributed by atoms with Crippen LogP contribution in [-0.2, 0) is 6.54 Å². The van der Waals surface area contributed by atoms with Crippen LogP contribution in [0, 0.1) is 0 Å². The zero-order chi connectivity index (χ0) is 13.9. The maximum Gasteiger partial charge on any atom is 0.0249 e. The van der Waals surface area contributed by atoms with Gasteiger partial charge < -0.3 is 10.2 Å². The number of rotatable bonds is 5. The van der Waals surface area contributed by atoms with Crippen molar-refractivity contribution in [3.05, 3.63) is 48.0 Å². The molecule has 2 aromatic carbocycles. The van der Waals surface area contributed by atoms with Gasteiger partial charge in [-0.15, -0.1) is 0 Å². The number of nitrogens with one attached hydrogen (secondary N) is 1. The number of fused-ring (bicyclic) bond motifs is 1. The SMILES string of the molecule is CNC(C)(C)CN(C)Cc1ccc2ccccc2c1. The van der Waals surface area contributed by atoms with E-state index in [2.05, 4.69) is 73.6 Å². The van der Waals surface area contributed by atoms with E-state index in [0.717, 1.165) is 13.1 Å². The summed E-state index contributed by atoms with van der Waals surface area (Å²) in [5.41, 5.74) is 1.51. The van der Waals surface area contributed by atoms with Crippen LogP contribution in [0.5, 0.6) is 0 Å². The van der Waals surface area contributed by atoms with Crippen molar-refractivity contribution in [3.8, 4) is 0 Å². The summed E-state index contributed by atoms with van der Waals surface area (Å²) in [5, 5.41) is 5.98. The minimum absolute atomic E-state index is 0.144. The largest absolute Gasteiger partial charge is 0.314 e. The first-order valence-corrected chi connectivity index (χ1v) is 6.85. The summed E-state index contributed by atoms with van der Waals surface area (Å²) in [5.74, 6) is 0. The maximum absolute atomic E-state index is 3.35. The summed E-state index contributed by atoms with van der Waals surface area (Å²) >= 11 is 0. The molecule has 0 unspecified atom stereocenters. The Kier molecular flexibility index (Phi) is 4.23. The van der Waals surface area contributed by atoms with Gasteiger partial charge >= 0.3 is 0 Å². The zero-order valence-corrected chi connectivity index (χ0v) is 12.4. The Morgan fingerprint density at radius 3 is 2.42 bits per heavy atom. The molecule has 2 rings (SSSR count). The molecule has 2 heteroatoms. The Morgan fingerprint density at radius 1 is 1.05 bits per heavy atom. The van der Waals surface area contributed by atoms with E-state index in [-0.39, 0.29) is 5.54 Å². The molecule has 2 aromatic rings. The monoisotopic (exact) mass is 256 g/mol. The highest BCUT2D eigenvalue weighted by Gasteiger charge is 2.17. The average Bonchev–Trinajstić information content (AvgIpc) is 2.38. The van der Waals surface area contributed by atoms with Gasteiger partial charge in [0.25, 0.3) is 0 Å². The molecule has 0 bridgehead atoms. The summed E-state index contributed by atoms with van der Waals surface area (Å²) < 4.78 is 0. The number of nitrogens with zero attached hydrogens (tertiary/aromatic N) is 1. The average molecular weight is 256 g/mol. The standard InChI is InChI=1S/C17H24N2/c1-17(2,18-3)13-19(4)12-14-9-10-15-7-5-6-8-16(15)11-14/h5-11,18H,12-13H2,1-4H3. The van der Waals surface area contributed by atoms with Gasteiger partial charge in [0.15, 0.2) is 0 Å². The van der Waals surface area contributed by atoms with Crippen LogP contribution in [0.15, 0.2) is 42.5 Å². The molecular weight excluding hydrogens is 232 g/mol. The molecule has 19 heavy (non-hydrogen) atoms. The van der Waals surface area contributed by atoms with Crippen LogP contribution in [0.2, 0.25) is 0 Å². The molecule has 0 saturated heterocycles. The van der Waals surface area contributed by atoms with Gasteiger partial charge in [-0.2, -0.15) is 0 Å². The lowest BCUT2D eigenvalue weighted by Gasteiger charge is -2.30. The zero-order valence-electron chi connectivity index (χ0n) is 12.4. The predicted molar refractivity (Wildman–Crippen MR) is 83.4 cm³/mol. The Hall–Kier alpha value is -1.38. The molecule has 0 radical (unpaired) electrons.